The molecule has 8 bridgehead atoms. The summed E-state index contributed by atoms with van der Waals surface area (Å²) in [4.78, 5) is 32.8. The Bertz CT molecular complexity index is 848. The quantitative estimate of drug-likeness (QED) is 0.444. The first-order valence-corrected chi connectivity index (χ1v) is 15.1. The fourth-order valence-electron chi connectivity index (χ4n) is 14.8. The molecular formula is C32H50N2O2. The highest BCUT2D eigenvalue weighted by molar-refractivity contribution is 5.86. The van der Waals surface area contributed by atoms with Crippen LogP contribution in [0.5, 0.6) is 0 Å². The Balaban J connectivity index is 1.08. The fraction of sp³-hybridized carbons (Fsp3) is 0.938. The molecule has 8 saturated carbocycles. The molecule has 1 aliphatic heterocycles. The van der Waals surface area contributed by atoms with Crippen molar-refractivity contribution in [3.63, 3.8) is 0 Å². The molecule has 4 heteroatoms. The highest BCUT2D eigenvalue weighted by Gasteiger charge is 2.68. The van der Waals surface area contributed by atoms with E-state index in [-0.39, 0.29) is 10.8 Å². The van der Waals surface area contributed by atoms with E-state index in [0.29, 0.717) is 44.3 Å². The third-order valence-corrected chi connectivity index (χ3v) is 12.5. The predicted octanol–water partition coefficient (Wildman–Crippen LogP) is 6.43. The number of carbonyl (C=O) groups excluding carboxylic acids is 2. The van der Waals surface area contributed by atoms with Gasteiger partial charge in [0.1, 0.15) is 0 Å². The number of nitrogens with zero attached hydrogens (tertiary/aromatic N) is 2. The monoisotopic (exact) mass is 494 g/mol. The molecule has 1 heterocycles. The van der Waals surface area contributed by atoms with E-state index in [2.05, 4.69) is 51.3 Å². The zero-order chi connectivity index (χ0) is 25.6. The Hall–Kier alpha value is -1.06. The summed E-state index contributed by atoms with van der Waals surface area (Å²) < 4.78 is 0. The second-order valence-corrected chi connectivity index (χ2v) is 18.1. The van der Waals surface area contributed by atoms with Gasteiger partial charge >= 0.3 is 0 Å². The van der Waals surface area contributed by atoms with Crippen molar-refractivity contribution in [3.05, 3.63) is 0 Å². The standard InChI is InChI=1S/C32H50N2O2/c1-25-11-26(2)13-27(3,12-25)19-31(17-25,18-26)23(35)33-7-9-34(10-8-33)24(36)32-20-28(4)14-29(5,21-32)16-30(6,15-28)22-32/h7-22H2,1-6H3. The molecule has 200 valence electrons. The van der Waals surface area contributed by atoms with Crippen molar-refractivity contribution in [2.75, 3.05) is 26.2 Å². The van der Waals surface area contributed by atoms with Crippen molar-refractivity contribution in [2.24, 2.45) is 43.3 Å². The maximum Gasteiger partial charge on any atom is 0.228 e. The lowest BCUT2D eigenvalue weighted by molar-refractivity contribution is -0.204. The number of amides is 2. The van der Waals surface area contributed by atoms with Gasteiger partial charge in [-0.1, -0.05) is 41.5 Å². The van der Waals surface area contributed by atoms with Crippen LogP contribution in [0.15, 0.2) is 0 Å². The molecule has 36 heavy (non-hydrogen) atoms. The third kappa shape index (κ3) is 3.30. The summed E-state index contributed by atoms with van der Waals surface area (Å²) in [7, 11) is 0. The summed E-state index contributed by atoms with van der Waals surface area (Å²) in [5.41, 5.74) is 1.64. The number of hydrogen-bond acceptors (Lipinski definition) is 2. The van der Waals surface area contributed by atoms with Crippen LogP contribution in [0.2, 0.25) is 0 Å². The first kappa shape index (κ1) is 24.0. The molecule has 0 aromatic rings. The van der Waals surface area contributed by atoms with E-state index in [9.17, 15) is 9.59 Å². The van der Waals surface area contributed by atoms with Crippen molar-refractivity contribution in [1.82, 2.24) is 9.80 Å². The number of carbonyl (C=O) groups is 2. The van der Waals surface area contributed by atoms with Crippen LogP contribution in [0.4, 0.5) is 0 Å². The second-order valence-electron chi connectivity index (χ2n) is 18.1. The lowest BCUT2D eigenvalue weighted by Gasteiger charge is -2.69. The average molecular weight is 495 g/mol. The van der Waals surface area contributed by atoms with Gasteiger partial charge in [-0.15, -0.1) is 0 Å². The van der Waals surface area contributed by atoms with Gasteiger partial charge < -0.3 is 9.80 Å². The molecule has 0 N–H and O–H groups in total. The smallest absolute Gasteiger partial charge is 0.228 e. The Morgan fingerprint density at radius 3 is 0.778 bits per heavy atom. The van der Waals surface area contributed by atoms with Gasteiger partial charge in [-0.3, -0.25) is 9.59 Å². The van der Waals surface area contributed by atoms with Crippen molar-refractivity contribution in [2.45, 2.75) is 119 Å². The Labute approximate surface area is 219 Å². The van der Waals surface area contributed by atoms with Crippen molar-refractivity contribution >= 4 is 11.8 Å². The molecule has 9 aliphatic rings. The first-order chi connectivity index (χ1) is 16.5. The van der Waals surface area contributed by atoms with Crippen molar-refractivity contribution in [3.8, 4) is 0 Å². The first-order valence-electron chi connectivity index (χ1n) is 15.1. The van der Waals surface area contributed by atoms with E-state index in [1.165, 1.54) is 38.5 Å². The van der Waals surface area contributed by atoms with Crippen LogP contribution >= 0.6 is 0 Å². The summed E-state index contributed by atoms with van der Waals surface area (Å²) in [6.07, 6.45) is 14.3. The molecule has 9 fully saturated rings. The van der Waals surface area contributed by atoms with E-state index in [0.717, 1.165) is 64.7 Å². The summed E-state index contributed by atoms with van der Waals surface area (Å²) in [6.45, 7) is 17.7. The molecule has 0 aromatic carbocycles. The van der Waals surface area contributed by atoms with E-state index in [4.69, 9.17) is 0 Å². The molecule has 0 unspecified atom stereocenters. The summed E-state index contributed by atoms with van der Waals surface area (Å²) in [5.74, 6) is 0.861. The summed E-state index contributed by atoms with van der Waals surface area (Å²) >= 11 is 0. The maximum absolute atomic E-state index is 14.2. The average Bonchev–Trinajstić information content (AvgIpc) is 2.65. The minimum absolute atomic E-state index is 0.156. The van der Waals surface area contributed by atoms with Crippen LogP contribution in [0, 0.1) is 43.3 Å². The lowest BCUT2D eigenvalue weighted by atomic mass is 9.36. The van der Waals surface area contributed by atoms with Crippen LogP contribution in [0.25, 0.3) is 0 Å². The Kier molecular flexibility index (Phi) is 4.37. The summed E-state index contributed by atoms with van der Waals surface area (Å²) in [5, 5.41) is 0. The molecule has 8 aliphatic carbocycles. The second kappa shape index (κ2) is 6.56. The topological polar surface area (TPSA) is 40.6 Å². The maximum atomic E-state index is 14.2. The highest BCUT2D eigenvalue weighted by atomic mass is 16.2. The van der Waals surface area contributed by atoms with Gasteiger partial charge in [0.25, 0.3) is 0 Å². The van der Waals surface area contributed by atoms with Gasteiger partial charge in [0.15, 0.2) is 0 Å². The molecule has 0 aromatic heterocycles. The highest BCUT2D eigenvalue weighted by Crippen LogP contribution is 2.75. The van der Waals surface area contributed by atoms with Crippen LogP contribution in [-0.4, -0.2) is 47.8 Å². The van der Waals surface area contributed by atoms with Gasteiger partial charge in [-0.2, -0.15) is 0 Å². The van der Waals surface area contributed by atoms with Gasteiger partial charge in [-0.05, 0) is 110 Å². The molecule has 2 amide bonds. The number of piperazine rings is 1. The third-order valence-electron chi connectivity index (χ3n) is 12.5. The minimum atomic E-state index is -0.156. The molecule has 1 saturated heterocycles. The summed E-state index contributed by atoms with van der Waals surface area (Å²) in [6, 6.07) is 0. The van der Waals surface area contributed by atoms with Crippen molar-refractivity contribution < 1.29 is 9.59 Å². The van der Waals surface area contributed by atoms with E-state index >= 15 is 0 Å². The molecule has 0 radical (unpaired) electrons. The molecular weight excluding hydrogens is 444 g/mol. The zero-order valence-corrected chi connectivity index (χ0v) is 24.0. The Morgan fingerprint density at radius 2 is 0.583 bits per heavy atom. The molecule has 0 spiro atoms. The normalized spacial score (nSPS) is 56.9. The molecule has 0 atom stereocenters. The van der Waals surface area contributed by atoms with Gasteiger partial charge in [0.2, 0.25) is 11.8 Å². The van der Waals surface area contributed by atoms with Crippen LogP contribution in [-0.2, 0) is 9.59 Å². The van der Waals surface area contributed by atoms with Gasteiger partial charge in [0, 0.05) is 26.2 Å². The van der Waals surface area contributed by atoms with Crippen LogP contribution in [0.1, 0.15) is 119 Å². The largest absolute Gasteiger partial charge is 0.339 e. The van der Waals surface area contributed by atoms with Gasteiger partial charge in [0.05, 0.1) is 10.8 Å². The zero-order valence-electron chi connectivity index (χ0n) is 24.0. The van der Waals surface area contributed by atoms with Gasteiger partial charge in [-0.25, -0.2) is 0 Å². The predicted molar refractivity (Wildman–Crippen MR) is 142 cm³/mol. The van der Waals surface area contributed by atoms with E-state index < -0.39 is 0 Å². The number of rotatable bonds is 2. The van der Waals surface area contributed by atoms with Crippen molar-refractivity contribution in [1.29, 1.82) is 0 Å². The Morgan fingerprint density at radius 1 is 0.389 bits per heavy atom. The molecule has 4 nitrogen and oxygen atoms in total. The van der Waals surface area contributed by atoms with Crippen LogP contribution < -0.4 is 0 Å². The van der Waals surface area contributed by atoms with E-state index in [1.54, 1.807) is 0 Å². The van der Waals surface area contributed by atoms with Crippen LogP contribution in [0.3, 0.4) is 0 Å². The fourth-order valence-corrected chi connectivity index (χ4v) is 14.8. The number of hydrogen-bond donors (Lipinski definition) is 0. The molecule has 9 rings (SSSR count). The lowest BCUT2D eigenvalue weighted by Crippen LogP contribution is -2.66. The van der Waals surface area contributed by atoms with E-state index in [1.807, 2.05) is 0 Å². The minimum Gasteiger partial charge on any atom is -0.339 e. The SMILES string of the molecule is CC12CC3(C)CC(C)(C1)CC(C(=O)N1CCN(C(=O)C45CC6(C)CC(C)(CC(C)(C6)C4)C5)CC1)(C2)C3.